The highest BCUT2D eigenvalue weighted by Gasteiger charge is 2.44. The van der Waals surface area contributed by atoms with Crippen molar-refractivity contribution >= 4 is 11.8 Å². The zero-order valence-electron chi connectivity index (χ0n) is 20.9. The number of fused-ring (bicyclic) bond motifs is 1. The summed E-state index contributed by atoms with van der Waals surface area (Å²) in [7, 11) is 1.74. The lowest BCUT2D eigenvalue weighted by atomic mass is 9.89. The maximum atomic E-state index is 15.2. The van der Waals surface area contributed by atoms with E-state index in [0.717, 1.165) is 51.8 Å². The van der Waals surface area contributed by atoms with Crippen LogP contribution < -0.4 is 5.32 Å². The smallest absolute Gasteiger partial charge is 0.307 e. The van der Waals surface area contributed by atoms with Gasteiger partial charge in [0.1, 0.15) is 11.6 Å². The summed E-state index contributed by atoms with van der Waals surface area (Å²) in [6, 6.07) is 11.1. The summed E-state index contributed by atoms with van der Waals surface area (Å²) in [5.41, 5.74) is 7.85. The van der Waals surface area contributed by atoms with Crippen LogP contribution in [0.5, 0.6) is 0 Å². The van der Waals surface area contributed by atoms with Crippen molar-refractivity contribution in [2.24, 2.45) is 13.0 Å². The third kappa shape index (κ3) is 4.14. The molecular formula is C28H27FN6O2. The largest absolute Gasteiger partial charge is 0.481 e. The van der Waals surface area contributed by atoms with E-state index in [4.69, 9.17) is 0 Å². The molecule has 0 spiro atoms. The predicted octanol–water partition coefficient (Wildman–Crippen LogP) is 4.98. The van der Waals surface area contributed by atoms with Crippen LogP contribution in [0.2, 0.25) is 0 Å². The normalized spacial score (nSPS) is 20.1. The Hall–Kier alpha value is -4.14. The van der Waals surface area contributed by atoms with Crippen molar-refractivity contribution in [3.8, 4) is 22.5 Å². The maximum absolute atomic E-state index is 15.2. The fraction of sp³-hybridized carbons (Fsp3) is 0.321. The van der Waals surface area contributed by atoms with Crippen LogP contribution in [0.4, 0.5) is 10.2 Å². The molecule has 2 aromatic heterocycles. The molecule has 1 unspecified atom stereocenters. The second kappa shape index (κ2) is 8.76. The number of hydrogen-bond donors (Lipinski definition) is 2. The van der Waals surface area contributed by atoms with E-state index in [1.807, 2.05) is 18.2 Å². The van der Waals surface area contributed by atoms with E-state index in [9.17, 15) is 9.90 Å². The summed E-state index contributed by atoms with van der Waals surface area (Å²) in [6.07, 6.45) is 3.91. The van der Waals surface area contributed by atoms with Crippen LogP contribution in [0, 0.1) is 25.6 Å². The molecule has 2 N–H and O–H groups in total. The molecular weight excluding hydrogens is 471 g/mol. The Balaban J connectivity index is 1.29. The first-order valence-electron chi connectivity index (χ1n) is 12.4. The number of carbonyl (C=O) groups is 1. The van der Waals surface area contributed by atoms with Gasteiger partial charge in [-0.15, -0.1) is 10.2 Å². The van der Waals surface area contributed by atoms with Gasteiger partial charge in [0.15, 0.2) is 0 Å². The van der Waals surface area contributed by atoms with Gasteiger partial charge in [0.25, 0.3) is 0 Å². The first kappa shape index (κ1) is 23.3. The summed E-state index contributed by atoms with van der Waals surface area (Å²) in [6.45, 7) is 4.12. The molecule has 0 amide bonds. The van der Waals surface area contributed by atoms with E-state index in [1.54, 1.807) is 19.3 Å². The van der Waals surface area contributed by atoms with Crippen LogP contribution in [0.1, 0.15) is 52.6 Å². The number of halogens is 1. The number of anilines is 1. The number of aliphatic carboxylic acids is 1. The topological polar surface area (TPSA) is 106 Å². The first-order valence-corrected chi connectivity index (χ1v) is 12.4. The number of aryl methyl sites for hydroxylation is 3. The summed E-state index contributed by atoms with van der Waals surface area (Å²) in [5, 5.41) is 25.0. The van der Waals surface area contributed by atoms with Crippen molar-refractivity contribution < 1.29 is 14.3 Å². The van der Waals surface area contributed by atoms with Gasteiger partial charge in [-0.05, 0) is 102 Å². The Bertz CT molecular complexity index is 1510. The van der Waals surface area contributed by atoms with Crippen molar-refractivity contribution in [2.45, 2.75) is 45.1 Å². The lowest BCUT2D eigenvalue weighted by molar-refractivity contribution is -0.138. The van der Waals surface area contributed by atoms with Crippen LogP contribution in [-0.4, -0.2) is 36.3 Å². The third-order valence-corrected chi connectivity index (χ3v) is 7.55. The minimum absolute atomic E-state index is 0.0360. The Morgan fingerprint density at radius 1 is 1.16 bits per heavy atom. The van der Waals surface area contributed by atoms with Crippen molar-refractivity contribution in [2.75, 3.05) is 5.32 Å². The quantitative estimate of drug-likeness (QED) is 0.386. The Labute approximate surface area is 213 Å². The maximum Gasteiger partial charge on any atom is 0.307 e. The van der Waals surface area contributed by atoms with Crippen molar-refractivity contribution in [3.05, 3.63) is 76.2 Å². The minimum atomic E-state index is -0.758. The second-order valence-corrected chi connectivity index (χ2v) is 10.1. The average molecular weight is 499 g/mol. The van der Waals surface area contributed by atoms with Crippen LogP contribution in [0.3, 0.4) is 0 Å². The molecule has 2 aliphatic rings. The highest BCUT2D eigenvalue weighted by Crippen LogP contribution is 2.48. The van der Waals surface area contributed by atoms with E-state index in [1.165, 1.54) is 4.80 Å². The number of nitrogens with zero attached hydrogens (tertiary/aromatic N) is 5. The molecule has 0 radical (unpaired) electrons. The SMILES string of the molecule is Cc1cc(-c2nnn(C)n2)cc(C)c1-c1ccc(F)c2c1CC[C@H]2Nc1ccc(C2C[C@H]2C(=O)O)cn1. The molecule has 1 saturated carbocycles. The van der Waals surface area contributed by atoms with Crippen LogP contribution in [0.15, 0.2) is 42.6 Å². The number of nitrogens with one attached hydrogen (secondary N) is 1. The monoisotopic (exact) mass is 498 g/mol. The molecule has 0 saturated heterocycles. The van der Waals surface area contributed by atoms with E-state index >= 15 is 4.39 Å². The molecule has 37 heavy (non-hydrogen) atoms. The molecule has 2 heterocycles. The average Bonchev–Trinajstić information content (AvgIpc) is 3.38. The Kier molecular flexibility index (Phi) is 5.51. The second-order valence-electron chi connectivity index (χ2n) is 10.1. The van der Waals surface area contributed by atoms with Crippen LogP contribution in [-0.2, 0) is 18.3 Å². The van der Waals surface area contributed by atoms with Gasteiger partial charge in [-0.2, -0.15) is 4.80 Å². The molecule has 2 aromatic carbocycles. The van der Waals surface area contributed by atoms with Gasteiger partial charge in [0.05, 0.1) is 19.0 Å². The minimum Gasteiger partial charge on any atom is -0.481 e. The molecule has 2 aliphatic carbocycles. The third-order valence-electron chi connectivity index (χ3n) is 7.55. The number of pyridine rings is 1. The molecule has 188 valence electrons. The van der Waals surface area contributed by atoms with Gasteiger partial charge in [-0.1, -0.05) is 12.1 Å². The lowest BCUT2D eigenvalue weighted by Crippen LogP contribution is -2.10. The Morgan fingerprint density at radius 3 is 2.57 bits per heavy atom. The first-order chi connectivity index (χ1) is 17.8. The standard InChI is InChI=1S/C28H27FN6O2/c1-14-10-17(27-32-34-35(3)33-27)11-15(2)25(14)18-5-7-22(29)26-19(18)6-8-23(26)31-24-9-4-16(13-30-24)20-12-21(20)28(36)37/h4-5,7,9-11,13,20-21,23H,6,8,12H2,1-3H3,(H,30,31)(H,36,37)/t20?,21-,23-/m1/s1. The molecule has 8 nitrogen and oxygen atoms in total. The molecule has 0 aliphatic heterocycles. The lowest BCUT2D eigenvalue weighted by Gasteiger charge is -2.19. The van der Waals surface area contributed by atoms with E-state index < -0.39 is 5.97 Å². The number of tetrazole rings is 1. The number of aromatic nitrogens is 5. The highest BCUT2D eigenvalue weighted by molar-refractivity contribution is 5.79. The van der Waals surface area contributed by atoms with Gasteiger partial charge >= 0.3 is 5.97 Å². The van der Waals surface area contributed by atoms with Crippen molar-refractivity contribution in [1.29, 1.82) is 0 Å². The molecule has 6 rings (SSSR count). The zero-order chi connectivity index (χ0) is 25.8. The summed E-state index contributed by atoms with van der Waals surface area (Å²) < 4.78 is 15.2. The number of carboxylic acids is 1. The molecule has 9 heteroatoms. The van der Waals surface area contributed by atoms with Gasteiger partial charge in [0.2, 0.25) is 5.82 Å². The molecule has 3 atom stereocenters. The summed E-state index contributed by atoms with van der Waals surface area (Å²) >= 11 is 0. The van der Waals surface area contributed by atoms with Gasteiger partial charge in [-0.3, -0.25) is 4.79 Å². The van der Waals surface area contributed by atoms with Gasteiger partial charge in [-0.25, -0.2) is 9.37 Å². The van der Waals surface area contributed by atoms with Crippen molar-refractivity contribution in [1.82, 2.24) is 25.2 Å². The zero-order valence-corrected chi connectivity index (χ0v) is 20.9. The van der Waals surface area contributed by atoms with Gasteiger partial charge in [0, 0.05) is 17.3 Å². The summed E-state index contributed by atoms with van der Waals surface area (Å²) in [5.74, 6) is -0.0175. The molecule has 0 bridgehead atoms. The Morgan fingerprint density at radius 2 is 1.95 bits per heavy atom. The predicted molar refractivity (Wildman–Crippen MR) is 137 cm³/mol. The number of rotatable bonds is 6. The number of benzene rings is 2. The van der Waals surface area contributed by atoms with Crippen molar-refractivity contribution in [3.63, 3.8) is 0 Å². The number of carboxylic acid groups (broad SMARTS) is 1. The van der Waals surface area contributed by atoms with E-state index in [2.05, 4.69) is 51.7 Å². The fourth-order valence-corrected chi connectivity index (χ4v) is 5.74. The fourth-order valence-electron chi connectivity index (χ4n) is 5.74. The van der Waals surface area contributed by atoms with Crippen LogP contribution >= 0.6 is 0 Å². The van der Waals surface area contributed by atoms with Gasteiger partial charge < -0.3 is 10.4 Å². The molecule has 1 fully saturated rings. The molecule has 4 aromatic rings. The van der Waals surface area contributed by atoms with E-state index in [0.29, 0.717) is 23.6 Å². The van der Waals surface area contributed by atoms with E-state index in [-0.39, 0.29) is 23.7 Å². The summed E-state index contributed by atoms with van der Waals surface area (Å²) in [4.78, 5) is 17.1. The highest BCUT2D eigenvalue weighted by atomic mass is 19.1. The van der Waals surface area contributed by atoms with Crippen LogP contribution in [0.25, 0.3) is 22.5 Å². The number of hydrogen-bond acceptors (Lipinski definition) is 6.